The zero-order valence-corrected chi connectivity index (χ0v) is 13.7. The predicted octanol–water partition coefficient (Wildman–Crippen LogP) is 3.01. The molecule has 0 radical (unpaired) electrons. The number of anilines is 2. The van der Waals surface area contributed by atoms with E-state index in [-0.39, 0.29) is 11.8 Å². The van der Waals surface area contributed by atoms with Crippen LogP contribution >= 0.6 is 0 Å². The molecule has 0 atom stereocenters. The van der Waals surface area contributed by atoms with Gasteiger partial charge in [-0.15, -0.1) is 0 Å². The van der Waals surface area contributed by atoms with Crippen LogP contribution in [0, 0.1) is 0 Å². The molecule has 2 heterocycles. The number of ether oxygens (including phenoxy) is 1. The normalized spacial score (nSPS) is 13.8. The summed E-state index contributed by atoms with van der Waals surface area (Å²) in [4.78, 5) is 28.0. The second-order valence-corrected chi connectivity index (χ2v) is 5.68. The van der Waals surface area contributed by atoms with E-state index in [1.54, 1.807) is 48.7 Å². The number of aromatic nitrogens is 1. The standard InChI is InChI=1S/C19H19N3O3/c23-18(12-14-7-10-25-11-8-14)21-16-3-5-17(6-4-16)22-19(24)15-2-1-9-20-13-15/h1-6,9,12-13H,7-8,10-11H2,(H,21,23)(H,22,24). The topological polar surface area (TPSA) is 80.3 Å². The lowest BCUT2D eigenvalue weighted by atomic mass is 10.1. The smallest absolute Gasteiger partial charge is 0.257 e. The Morgan fingerprint density at radius 2 is 1.68 bits per heavy atom. The van der Waals surface area contributed by atoms with Gasteiger partial charge in [-0.25, -0.2) is 0 Å². The van der Waals surface area contributed by atoms with Gasteiger partial charge in [0.15, 0.2) is 0 Å². The Kier molecular flexibility index (Phi) is 5.53. The third kappa shape index (κ3) is 4.99. The molecule has 0 bridgehead atoms. The quantitative estimate of drug-likeness (QED) is 0.841. The number of hydrogen-bond acceptors (Lipinski definition) is 4. The number of pyridine rings is 1. The van der Waals surface area contributed by atoms with Crippen molar-refractivity contribution in [1.82, 2.24) is 4.98 Å². The second kappa shape index (κ2) is 8.21. The zero-order chi connectivity index (χ0) is 17.5. The van der Waals surface area contributed by atoms with Gasteiger partial charge in [0.2, 0.25) is 5.91 Å². The monoisotopic (exact) mass is 337 g/mol. The van der Waals surface area contributed by atoms with Crippen molar-refractivity contribution in [3.63, 3.8) is 0 Å². The van der Waals surface area contributed by atoms with Gasteiger partial charge in [-0.05, 0) is 49.2 Å². The zero-order valence-electron chi connectivity index (χ0n) is 13.7. The van der Waals surface area contributed by atoms with Gasteiger partial charge in [0, 0.05) is 29.8 Å². The van der Waals surface area contributed by atoms with E-state index in [0.29, 0.717) is 30.2 Å². The molecule has 1 aromatic carbocycles. The van der Waals surface area contributed by atoms with Crippen molar-refractivity contribution >= 4 is 23.2 Å². The molecule has 2 aromatic rings. The van der Waals surface area contributed by atoms with Crippen LogP contribution in [-0.4, -0.2) is 30.0 Å². The molecule has 6 heteroatoms. The van der Waals surface area contributed by atoms with Gasteiger partial charge < -0.3 is 15.4 Å². The molecule has 1 fully saturated rings. The Morgan fingerprint density at radius 3 is 2.32 bits per heavy atom. The molecule has 0 aliphatic carbocycles. The van der Waals surface area contributed by atoms with E-state index >= 15 is 0 Å². The summed E-state index contributed by atoms with van der Waals surface area (Å²) in [6, 6.07) is 10.4. The fourth-order valence-corrected chi connectivity index (χ4v) is 2.48. The Labute approximate surface area is 145 Å². The number of nitrogens with one attached hydrogen (secondary N) is 2. The van der Waals surface area contributed by atoms with E-state index in [1.165, 1.54) is 6.20 Å². The van der Waals surface area contributed by atoms with Crippen molar-refractivity contribution in [3.8, 4) is 0 Å². The van der Waals surface area contributed by atoms with Crippen molar-refractivity contribution in [3.05, 3.63) is 66.0 Å². The first-order valence-corrected chi connectivity index (χ1v) is 8.10. The Morgan fingerprint density at radius 1 is 1.00 bits per heavy atom. The molecule has 6 nitrogen and oxygen atoms in total. The molecule has 1 aromatic heterocycles. The maximum atomic E-state index is 12.1. The van der Waals surface area contributed by atoms with E-state index in [1.807, 2.05) is 0 Å². The van der Waals surface area contributed by atoms with Gasteiger partial charge in [0.05, 0.1) is 18.8 Å². The lowest BCUT2D eigenvalue weighted by molar-refractivity contribution is -0.112. The lowest BCUT2D eigenvalue weighted by Crippen LogP contribution is -2.13. The third-order valence-electron chi connectivity index (χ3n) is 3.80. The number of rotatable bonds is 4. The van der Waals surface area contributed by atoms with Crippen LogP contribution in [0.5, 0.6) is 0 Å². The van der Waals surface area contributed by atoms with Gasteiger partial charge in [-0.3, -0.25) is 14.6 Å². The molecule has 1 aliphatic rings. The molecule has 0 saturated carbocycles. The van der Waals surface area contributed by atoms with Gasteiger partial charge in [-0.1, -0.05) is 5.57 Å². The average molecular weight is 337 g/mol. The molecular weight excluding hydrogens is 318 g/mol. The highest BCUT2D eigenvalue weighted by atomic mass is 16.5. The first kappa shape index (κ1) is 16.9. The lowest BCUT2D eigenvalue weighted by Gasteiger charge is -2.14. The van der Waals surface area contributed by atoms with Crippen LogP contribution in [-0.2, 0) is 9.53 Å². The average Bonchev–Trinajstić information content (AvgIpc) is 2.65. The van der Waals surface area contributed by atoms with Crippen LogP contribution in [0.1, 0.15) is 23.2 Å². The molecule has 0 spiro atoms. The van der Waals surface area contributed by atoms with E-state index in [2.05, 4.69) is 15.6 Å². The highest BCUT2D eigenvalue weighted by Crippen LogP contribution is 2.16. The summed E-state index contributed by atoms with van der Waals surface area (Å²) >= 11 is 0. The van der Waals surface area contributed by atoms with Crippen LogP contribution in [0.3, 0.4) is 0 Å². The maximum absolute atomic E-state index is 12.1. The Bertz CT molecular complexity index is 762. The summed E-state index contributed by atoms with van der Waals surface area (Å²) in [7, 11) is 0. The molecule has 128 valence electrons. The maximum Gasteiger partial charge on any atom is 0.257 e. The minimum Gasteiger partial charge on any atom is -0.381 e. The van der Waals surface area contributed by atoms with E-state index in [9.17, 15) is 9.59 Å². The van der Waals surface area contributed by atoms with Gasteiger partial charge in [0.1, 0.15) is 0 Å². The molecule has 1 saturated heterocycles. The summed E-state index contributed by atoms with van der Waals surface area (Å²) in [5.74, 6) is -0.377. The van der Waals surface area contributed by atoms with Crippen LogP contribution in [0.2, 0.25) is 0 Å². The molecular formula is C19H19N3O3. The fraction of sp³-hybridized carbons (Fsp3) is 0.211. The number of nitrogens with zero attached hydrogens (tertiary/aromatic N) is 1. The largest absolute Gasteiger partial charge is 0.381 e. The van der Waals surface area contributed by atoms with Crippen molar-refractivity contribution in [2.45, 2.75) is 12.8 Å². The number of benzene rings is 1. The Hall–Kier alpha value is -2.99. The van der Waals surface area contributed by atoms with E-state index < -0.39 is 0 Å². The summed E-state index contributed by atoms with van der Waals surface area (Å²) in [5, 5.41) is 5.61. The van der Waals surface area contributed by atoms with Gasteiger partial charge in [-0.2, -0.15) is 0 Å². The summed E-state index contributed by atoms with van der Waals surface area (Å²) < 4.78 is 5.27. The summed E-state index contributed by atoms with van der Waals surface area (Å²) in [6.45, 7) is 1.34. The molecule has 2 amide bonds. The van der Waals surface area contributed by atoms with E-state index in [0.717, 1.165) is 18.4 Å². The Balaban J connectivity index is 1.56. The summed E-state index contributed by atoms with van der Waals surface area (Å²) in [5.41, 5.74) is 2.91. The summed E-state index contributed by atoms with van der Waals surface area (Å²) in [6.07, 6.45) is 6.36. The number of carbonyl (C=O) groups excluding carboxylic acids is 2. The highest BCUT2D eigenvalue weighted by Gasteiger charge is 2.08. The minimum absolute atomic E-state index is 0.149. The molecule has 0 unspecified atom stereocenters. The third-order valence-corrected chi connectivity index (χ3v) is 3.80. The van der Waals surface area contributed by atoms with Crippen molar-refractivity contribution in [1.29, 1.82) is 0 Å². The van der Waals surface area contributed by atoms with Gasteiger partial charge >= 0.3 is 0 Å². The van der Waals surface area contributed by atoms with Crippen molar-refractivity contribution in [2.75, 3.05) is 23.8 Å². The van der Waals surface area contributed by atoms with Gasteiger partial charge in [0.25, 0.3) is 5.91 Å². The van der Waals surface area contributed by atoms with Crippen LogP contribution in [0.4, 0.5) is 11.4 Å². The minimum atomic E-state index is -0.228. The predicted molar refractivity (Wildman–Crippen MR) is 95.4 cm³/mol. The van der Waals surface area contributed by atoms with E-state index in [4.69, 9.17) is 4.74 Å². The molecule has 25 heavy (non-hydrogen) atoms. The number of hydrogen-bond donors (Lipinski definition) is 2. The molecule has 1 aliphatic heterocycles. The van der Waals surface area contributed by atoms with Crippen LogP contribution < -0.4 is 10.6 Å². The first-order chi connectivity index (χ1) is 12.2. The fourth-order valence-electron chi connectivity index (χ4n) is 2.48. The molecule has 2 N–H and O–H groups in total. The van der Waals surface area contributed by atoms with Crippen molar-refractivity contribution in [2.24, 2.45) is 0 Å². The first-order valence-electron chi connectivity index (χ1n) is 8.10. The van der Waals surface area contributed by atoms with Crippen molar-refractivity contribution < 1.29 is 14.3 Å². The van der Waals surface area contributed by atoms with Crippen LogP contribution in [0.15, 0.2) is 60.4 Å². The second-order valence-electron chi connectivity index (χ2n) is 5.68. The highest BCUT2D eigenvalue weighted by molar-refractivity contribution is 6.04. The SMILES string of the molecule is O=C(C=C1CCOCC1)Nc1ccc(NC(=O)c2cccnc2)cc1. The van der Waals surface area contributed by atoms with Crippen LogP contribution in [0.25, 0.3) is 0 Å². The number of carbonyl (C=O) groups is 2. The molecule has 3 rings (SSSR count). The number of amides is 2.